The largest absolute Gasteiger partial charge is 0.324 e. The van der Waals surface area contributed by atoms with Crippen LogP contribution in [0, 0.1) is 6.92 Å². The molecule has 3 aromatic rings. The Morgan fingerprint density at radius 3 is 2.76 bits per heavy atom. The van der Waals surface area contributed by atoms with Crippen LogP contribution in [0.2, 0.25) is 5.02 Å². The van der Waals surface area contributed by atoms with E-state index in [-0.39, 0.29) is 5.91 Å². The molecule has 1 aromatic carbocycles. The van der Waals surface area contributed by atoms with Crippen LogP contribution in [0.3, 0.4) is 0 Å². The van der Waals surface area contributed by atoms with Gasteiger partial charge in [-0.05, 0) is 37.3 Å². The topological polar surface area (TPSA) is 46.9 Å². The molecule has 2 heterocycles. The van der Waals surface area contributed by atoms with Crippen LogP contribution in [0.15, 0.2) is 48.1 Å². The molecular weight excluding hydrogens is 306 g/mol. The number of aromatic nitrogens is 2. The number of aryl methyl sites for hydroxylation is 1. The molecule has 0 atom stereocenters. The second kappa shape index (κ2) is 5.71. The van der Waals surface area contributed by atoms with Gasteiger partial charge in [-0.25, -0.2) is 4.98 Å². The maximum absolute atomic E-state index is 12.3. The SMILES string of the molecule is Cc1csc(NC(=O)c2cc(-n3cccc3)ccc2Cl)n1. The Bertz CT molecular complexity index is 780. The Balaban J connectivity index is 1.90. The van der Waals surface area contributed by atoms with Gasteiger partial charge in [-0.3, -0.25) is 10.1 Å². The number of hydrogen-bond acceptors (Lipinski definition) is 3. The van der Waals surface area contributed by atoms with Gasteiger partial charge in [0.2, 0.25) is 0 Å². The number of carbonyl (C=O) groups is 1. The van der Waals surface area contributed by atoms with E-state index in [2.05, 4.69) is 10.3 Å². The zero-order valence-corrected chi connectivity index (χ0v) is 12.8. The molecule has 1 amide bonds. The fraction of sp³-hybridized carbons (Fsp3) is 0.0667. The van der Waals surface area contributed by atoms with Crippen LogP contribution in [0.1, 0.15) is 16.1 Å². The number of benzene rings is 1. The van der Waals surface area contributed by atoms with Crippen molar-refractivity contribution in [1.82, 2.24) is 9.55 Å². The van der Waals surface area contributed by atoms with E-state index in [1.165, 1.54) is 11.3 Å². The van der Waals surface area contributed by atoms with E-state index in [1.807, 2.05) is 47.5 Å². The van der Waals surface area contributed by atoms with Crippen LogP contribution in [0.25, 0.3) is 5.69 Å². The molecule has 0 unspecified atom stereocenters. The first-order valence-electron chi connectivity index (χ1n) is 6.30. The summed E-state index contributed by atoms with van der Waals surface area (Å²) in [6.45, 7) is 1.88. The molecule has 0 saturated heterocycles. The third kappa shape index (κ3) is 2.99. The number of thiazole rings is 1. The van der Waals surface area contributed by atoms with Crippen LogP contribution in [0.5, 0.6) is 0 Å². The molecule has 2 aromatic heterocycles. The lowest BCUT2D eigenvalue weighted by atomic mass is 10.2. The zero-order chi connectivity index (χ0) is 14.8. The summed E-state index contributed by atoms with van der Waals surface area (Å²) in [5.74, 6) is -0.261. The summed E-state index contributed by atoms with van der Waals surface area (Å²) < 4.78 is 1.92. The highest BCUT2D eigenvalue weighted by molar-refractivity contribution is 7.13. The standard InChI is InChI=1S/C15H12ClN3OS/c1-10-9-21-15(17-10)18-14(20)12-8-11(4-5-13(12)16)19-6-2-3-7-19/h2-9H,1H3,(H,17,18,20). The van der Waals surface area contributed by atoms with Crippen LogP contribution in [-0.4, -0.2) is 15.5 Å². The summed E-state index contributed by atoms with van der Waals surface area (Å²) in [7, 11) is 0. The van der Waals surface area contributed by atoms with Crippen LogP contribution in [-0.2, 0) is 0 Å². The number of amides is 1. The molecule has 0 fully saturated rings. The number of rotatable bonds is 3. The first-order chi connectivity index (χ1) is 10.1. The molecule has 0 aliphatic carbocycles. The number of anilines is 1. The lowest BCUT2D eigenvalue weighted by Gasteiger charge is -2.08. The van der Waals surface area contributed by atoms with E-state index in [4.69, 9.17) is 11.6 Å². The molecule has 106 valence electrons. The van der Waals surface area contributed by atoms with Gasteiger partial charge in [-0.1, -0.05) is 11.6 Å². The average molecular weight is 318 g/mol. The maximum atomic E-state index is 12.3. The van der Waals surface area contributed by atoms with E-state index in [1.54, 1.807) is 12.1 Å². The Labute approximate surface area is 131 Å². The second-order valence-corrected chi connectivity index (χ2v) is 5.77. The molecule has 1 N–H and O–H groups in total. The van der Waals surface area contributed by atoms with Gasteiger partial charge in [0.15, 0.2) is 5.13 Å². The smallest absolute Gasteiger partial charge is 0.259 e. The monoisotopic (exact) mass is 317 g/mol. The predicted molar refractivity (Wildman–Crippen MR) is 85.6 cm³/mol. The van der Waals surface area contributed by atoms with Crippen molar-refractivity contribution in [3.05, 3.63) is 64.4 Å². The second-order valence-electron chi connectivity index (χ2n) is 4.50. The van der Waals surface area contributed by atoms with Gasteiger partial charge in [0.25, 0.3) is 5.91 Å². The van der Waals surface area contributed by atoms with Crippen LogP contribution < -0.4 is 5.32 Å². The van der Waals surface area contributed by atoms with E-state index in [0.717, 1.165) is 11.4 Å². The van der Waals surface area contributed by atoms with Gasteiger partial charge in [0.05, 0.1) is 16.3 Å². The molecule has 0 spiro atoms. The minimum absolute atomic E-state index is 0.261. The van der Waals surface area contributed by atoms with Gasteiger partial charge in [-0.2, -0.15) is 0 Å². The molecule has 3 rings (SSSR count). The molecule has 0 radical (unpaired) electrons. The summed E-state index contributed by atoms with van der Waals surface area (Å²) in [5.41, 5.74) is 2.18. The molecule has 0 aliphatic heterocycles. The van der Waals surface area contributed by atoms with E-state index in [0.29, 0.717) is 15.7 Å². The van der Waals surface area contributed by atoms with Crippen molar-refractivity contribution < 1.29 is 4.79 Å². The van der Waals surface area contributed by atoms with Crippen molar-refractivity contribution in [2.75, 3.05) is 5.32 Å². The van der Waals surface area contributed by atoms with Gasteiger partial charge in [0, 0.05) is 23.5 Å². The number of halogens is 1. The van der Waals surface area contributed by atoms with Crippen molar-refractivity contribution in [3.8, 4) is 5.69 Å². The predicted octanol–water partition coefficient (Wildman–Crippen LogP) is 4.15. The fourth-order valence-corrected chi connectivity index (χ4v) is 2.82. The fourth-order valence-electron chi connectivity index (χ4n) is 1.93. The Morgan fingerprint density at radius 1 is 1.33 bits per heavy atom. The summed E-state index contributed by atoms with van der Waals surface area (Å²) in [6, 6.07) is 9.20. The normalized spacial score (nSPS) is 10.6. The summed E-state index contributed by atoms with van der Waals surface area (Å²) >= 11 is 7.53. The lowest BCUT2D eigenvalue weighted by Crippen LogP contribution is -2.13. The van der Waals surface area contributed by atoms with Crippen molar-refractivity contribution >= 4 is 34.0 Å². The summed E-state index contributed by atoms with van der Waals surface area (Å²) in [5, 5.41) is 5.63. The van der Waals surface area contributed by atoms with Crippen molar-refractivity contribution in [3.63, 3.8) is 0 Å². The molecular formula is C15H12ClN3OS. The molecule has 0 saturated carbocycles. The first-order valence-corrected chi connectivity index (χ1v) is 7.55. The van der Waals surface area contributed by atoms with Crippen molar-refractivity contribution in [1.29, 1.82) is 0 Å². The molecule has 0 aliphatic rings. The van der Waals surface area contributed by atoms with Gasteiger partial charge in [-0.15, -0.1) is 11.3 Å². The molecule has 21 heavy (non-hydrogen) atoms. The molecule has 4 nitrogen and oxygen atoms in total. The summed E-state index contributed by atoms with van der Waals surface area (Å²) in [6.07, 6.45) is 3.82. The minimum Gasteiger partial charge on any atom is -0.324 e. The van der Waals surface area contributed by atoms with Crippen molar-refractivity contribution in [2.45, 2.75) is 6.92 Å². The number of hydrogen-bond donors (Lipinski definition) is 1. The van der Waals surface area contributed by atoms with E-state index >= 15 is 0 Å². The number of carbonyl (C=O) groups excluding carboxylic acids is 1. The quantitative estimate of drug-likeness (QED) is 0.789. The Kier molecular flexibility index (Phi) is 3.77. The zero-order valence-electron chi connectivity index (χ0n) is 11.2. The van der Waals surface area contributed by atoms with Crippen molar-refractivity contribution in [2.24, 2.45) is 0 Å². The summed E-state index contributed by atoms with van der Waals surface area (Å²) in [4.78, 5) is 16.5. The van der Waals surface area contributed by atoms with Gasteiger partial charge in [0.1, 0.15) is 0 Å². The third-order valence-corrected chi connectivity index (χ3v) is 4.14. The number of nitrogens with one attached hydrogen (secondary N) is 1. The third-order valence-electron chi connectivity index (χ3n) is 2.94. The van der Waals surface area contributed by atoms with E-state index < -0.39 is 0 Å². The maximum Gasteiger partial charge on any atom is 0.259 e. The number of nitrogens with zero attached hydrogens (tertiary/aromatic N) is 2. The van der Waals surface area contributed by atoms with Crippen LogP contribution in [0.4, 0.5) is 5.13 Å². The highest BCUT2D eigenvalue weighted by Crippen LogP contribution is 2.22. The highest BCUT2D eigenvalue weighted by atomic mass is 35.5. The minimum atomic E-state index is -0.261. The highest BCUT2D eigenvalue weighted by Gasteiger charge is 2.13. The molecule has 0 bridgehead atoms. The Morgan fingerprint density at radius 2 is 2.10 bits per heavy atom. The van der Waals surface area contributed by atoms with E-state index in [9.17, 15) is 4.79 Å². The van der Waals surface area contributed by atoms with Crippen LogP contribution >= 0.6 is 22.9 Å². The first kappa shape index (κ1) is 13.9. The molecule has 6 heteroatoms. The van der Waals surface area contributed by atoms with Gasteiger partial charge >= 0.3 is 0 Å². The Hall–Kier alpha value is -2.11. The lowest BCUT2D eigenvalue weighted by molar-refractivity contribution is 0.102. The average Bonchev–Trinajstić information content (AvgIpc) is 3.11. The van der Waals surface area contributed by atoms with Gasteiger partial charge < -0.3 is 4.57 Å².